The van der Waals surface area contributed by atoms with Crippen LogP contribution < -0.4 is 10.1 Å². The highest BCUT2D eigenvalue weighted by Crippen LogP contribution is 2.37. The fraction of sp³-hybridized carbons (Fsp3) is 0.300. The first-order valence-corrected chi connectivity index (χ1v) is 12.5. The van der Waals surface area contributed by atoms with E-state index in [0.717, 1.165) is 22.4 Å². The number of carbonyl (C=O) groups is 3. The van der Waals surface area contributed by atoms with Gasteiger partial charge in [-0.25, -0.2) is 9.69 Å². The van der Waals surface area contributed by atoms with Crippen molar-refractivity contribution in [3.63, 3.8) is 0 Å². The van der Waals surface area contributed by atoms with Gasteiger partial charge in [-0.15, -0.1) is 0 Å². The van der Waals surface area contributed by atoms with Crippen LogP contribution in [0.3, 0.4) is 0 Å². The summed E-state index contributed by atoms with van der Waals surface area (Å²) in [7, 11) is 2.90. The number of methoxy groups -OCH3 is 2. The molecule has 0 spiro atoms. The van der Waals surface area contributed by atoms with Crippen LogP contribution in [0.2, 0.25) is 0 Å². The van der Waals surface area contributed by atoms with E-state index in [1.54, 1.807) is 7.11 Å². The highest BCUT2D eigenvalue weighted by atomic mass is 16.6. The number of nitrogens with one attached hydrogen (secondary N) is 1. The number of ether oxygens (including phenoxy) is 3. The van der Waals surface area contributed by atoms with Crippen molar-refractivity contribution in [2.45, 2.75) is 31.8 Å². The van der Waals surface area contributed by atoms with E-state index in [0.29, 0.717) is 5.75 Å². The van der Waals surface area contributed by atoms with Gasteiger partial charge in [0.25, 0.3) is 0 Å². The second kappa shape index (κ2) is 12.3. The molecule has 0 aromatic heterocycles. The van der Waals surface area contributed by atoms with E-state index >= 15 is 0 Å². The Balaban J connectivity index is 1.75. The molecule has 0 aliphatic carbocycles. The molecule has 1 aliphatic heterocycles. The van der Waals surface area contributed by atoms with Gasteiger partial charge in [-0.05, 0) is 48.7 Å². The lowest BCUT2D eigenvalue weighted by atomic mass is 9.87. The molecule has 4 rings (SSSR count). The summed E-state index contributed by atoms with van der Waals surface area (Å²) in [6.07, 6.45) is -0.531. The predicted molar refractivity (Wildman–Crippen MR) is 143 cm³/mol. The van der Waals surface area contributed by atoms with Gasteiger partial charge in [-0.1, -0.05) is 60.2 Å². The lowest BCUT2D eigenvalue weighted by Gasteiger charge is -2.32. The Morgan fingerprint density at radius 1 is 1.00 bits per heavy atom. The molecule has 1 N–H and O–H groups in total. The quantitative estimate of drug-likeness (QED) is 0.358. The molecule has 3 aromatic carbocycles. The Hall–Kier alpha value is -4.33. The number of nitrogens with zero attached hydrogens (tertiary/aromatic N) is 1. The Morgan fingerprint density at radius 3 is 2.32 bits per heavy atom. The van der Waals surface area contributed by atoms with Gasteiger partial charge in [-0.2, -0.15) is 0 Å². The molecular formula is C30H32N2O6. The van der Waals surface area contributed by atoms with Crippen LogP contribution in [0, 0.1) is 12.8 Å². The minimum Gasteiger partial charge on any atom is -0.497 e. The summed E-state index contributed by atoms with van der Waals surface area (Å²) >= 11 is 0. The number of amides is 2. The van der Waals surface area contributed by atoms with E-state index < -0.39 is 36.0 Å². The molecule has 0 unspecified atom stereocenters. The predicted octanol–water partition coefficient (Wildman–Crippen LogP) is 5.45. The van der Waals surface area contributed by atoms with Crippen LogP contribution in [0.25, 0.3) is 0 Å². The number of carbonyl (C=O) groups excluding carboxylic acids is 3. The summed E-state index contributed by atoms with van der Waals surface area (Å²) in [4.78, 5) is 40.5. The average molecular weight is 517 g/mol. The van der Waals surface area contributed by atoms with Gasteiger partial charge in [-0.3, -0.25) is 9.59 Å². The number of benzene rings is 3. The molecule has 2 amide bonds. The number of cyclic esters (lactones) is 1. The number of aryl methyl sites for hydroxylation is 1. The molecule has 1 aliphatic rings. The maximum absolute atomic E-state index is 14.2. The van der Waals surface area contributed by atoms with Crippen LogP contribution in [0.4, 0.5) is 10.5 Å². The fourth-order valence-corrected chi connectivity index (χ4v) is 4.63. The number of hydrogen-bond donors (Lipinski definition) is 1. The lowest BCUT2D eigenvalue weighted by Crippen LogP contribution is -2.42. The molecule has 0 radical (unpaired) electrons. The molecule has 0 bridgehead atoms. The van der Waals surface area contributed by atoms with Crippen LogP contribution >= 0.6 is 0 Å². The number of hydrogen-bond acceptors (Lipinski definition) is 7. The average Bonchev–Trinajstić information content (AvgIpc) is 3.35. The topological polar surface area (TPSA) is 94.2 Å². The molecule has 198 valence electrons. The smallest absolute Gasteiger partial charge is 0.417 e. The molecular weight excluding hydrogens is 484 g/mol. The van der Waals surface area contributed by atoms with Gasteiger partial charge in [0.2, 0.25) is 5.91 Å². The first kappa shape index (κ1) is 26.7. The minimum atomic E-state index is -0.791. The van der Waals surface area contributed by atoms with Gasteiger partial charge in [0.05, 0.1) is 26.2 Å². The SMILES string of the molecule is COC(=O)CC[C@@H](C(=O)N1C(=O)OC[C@@H]1c1ccccc1)[C@H](Nc1ccc(C)cc1)c1ccc(OC)cc1. The van der Waals surface area contributed by atoms with E-state index in [2.05, 4.69) is 5.32 Å². The highest BCUT2D eigenvalue weighted by Gasteiger charge is 2.44. The normalized spacial score (nSPS) is 16.3. The first-order chi connectivity index (χ1) is 18.4. The molecule has 8 heteroatoms. The molecule has 1 saturated heterocycles. The maximum Gasteiger partial charge on any atom is 0.417 e. The standard InChI is InChI=1S/C30H32N2O6/c1-20-9-13-23(14-10-20)31-28(22-11-15-24(36-2)16-12-22)25(17-18-27(33)37-3)29(34)32-26(19-38-30(32)35)21-7-5-4-6-8-21/h4-16,25-26,28,31H,17-19H2,1-3H3/t25-,26-,28-/m1/s1. The third-order valence-electron chi connectivity index (χ3n) is 6.75. The van der Waals surface area contributed by atoms with Crippen molar-refractivity contribution in [2.75, 3.05) is 26.1 Å². The molecule has 8 nitrogen and oxygen atoms in total. The van der Waals surface area contributed by atoms with E-state index in [1.807, 2.05) is 85.8 Å². The van der Waals surface area contributed by atoms with Gasteiger partial charge >= 0.3 is 12.1 Å². The van der Waals surface area contributed by atoms with Gasteiger partial charge in [0.15, 0.2) is 0 Å². The van der Waals surface area contributed by atoms with Crippen LogP contribution in [-0.4, -0.2) is 43.7 Å². The Labute approximate surface area is 222 Å². The van der Waals surface area contributed by atoms with Gasteiger partial charge in [0, 0.05) is 12.1 Å². The van der Waals surface area contributed by atoms with Crippen LogP contribution in [0.1, 0.15) is 41.6 Å². The third kappa shape index (κ3) is 6.14. The number of imide groups is 1. The third-order valence-corrected chi connectivity index (χ3v) is 6.75. The zero-order chi connectivity index (χ0) is 27.1. The summed E-state index contributed by atoms with van der Waals surface area (Å²) in [5, 5.41) is 3.48. The first-order valence-electron chi connectivity index (χ1n) is 12.5. The van der Waals surface area contributed by atoms with Crippen molar-refractivity contribution in [1.82, 2.24) is 4.90 Å². The molecule has 38 heavy (non-hydrogen) atoms. The van der Waals surface area contributed by atoms with Crippen molar-refractivity contribution >= 4 is 23.7 Å². The van der Waals surface area contributed by atoms with Crippen molar-refractivity contribution in [3.05, 3.63) is 95.6 Å². The minimum absolute atomic E-state index is 0.00797. The summed E-state index contributed by atoms with van der Waals surface area (Å²) in [5.41, 5.74) is 3.50. The summed E-state index contributed by atoms with van der Waals surface area (Å²) in [6, 6.07) is 23.4. The van der Waals surface area contributed by atoms with E-state index in [-0.39, 0.29) is 19.4 Å². The lowest BCUT2D eigenvalue weighted by molar-refractivity contribution is -0.141. The molecule has 1 fully saturated rings. The van der Waals surface area contributed by atoms with E-state index in [1.165, 1.54) is 12.0 Å². The zero-order valence-corrected chi connectivity index (χ0v) is 21.8. The molecule has 3 atom stereocenters. The largest absolute Gasteiger partial charge is 0.497 e. The van der Waals surface area contributed by atoms with E-state index in [9.17, 15) is 14.4 Å². The summed E-state index contributed by atoms with van der Waals surface area (Å²) in [6.45, 7) is 2.06. The van der Waals surface area contributed by atoms with E-state index in [4.69, 9.17) is 14.2 Å². The Kier molecular flexibility index (Phi) is 8.63. The fourth-order valence-electron chi connectivity index (χ4n) is 4.63. The highest BCUT2D eigenvalue weighted by molar-refractivity contribution is 5.95. The maximum atomic E-state index is 14.2. The monoisotopic (exact) mass is 516 g/mol. The number of anilines is 1. The van der Waals surface area contributed by atoms with Crippen molar-refractivity contribution in [1.29, 1.82) is 0 Å². The van der Waals surface area contributed by atoms with Crippen molar-refractivity contribution in [2.24, 2.45) is 5.92 Å². The number of rotatable bonds is 10. The van der Waals surface area contributed by atoms with Crippen molar-refractivity contribution in [3.8, 4) is 5.75 Å². The van der Waals surface area contributed by atoms with Crippen molar-refractivity contribution < 1.29 is 28.6 Å². The number of esters is 1. The van der Waals surface area contributed by atoms with Crippen LogP contribution in [-0.2, 0) is 19.1 Å². The van der Waals surface area contributed by atoms with Gasteiger partial charge < -0.3 is 19.5 Å². The Morgan fingerprint density at radius 2 is 1.68 bits per heavy atom. The van der Waals surface area contributed by atoms with Gasteiger partial charge in [0.1, 0.15) is 18.4 Å². The summed E-state index contributed by atoms with van der Waals surface area (Å²) in [5.74, 6) is -0.978. The Bertz CT molecular complexity index is 1240. The van der Waals surface area contributed by atoms with Crippen LogP contribution in [0.5, 0.6) is 5.75 Å². The second-order valence-electron chi connectivity index (χ2n) is 9.19. The summed E-state index contributed by atoms with van der Waals surface area (Å²) < 4.78 is 15.5. The van der Waals surface area contributed by atoms with Crippen LogP contribution in [0.15, 0.2) is 78.9 Å². The molecule has 0 saturated carbocycles. The molecule has 1 heterocycles. The second-order valence-corrected chi connectivity index (χ2v) is 9.19. The molecule has 3 aromatic rings. The zero-order valence-electron chi connectivity index (χ0n) is 21.8.